The van der Waals surface area contributed by atoms with Gasteiger partial charge in [-0.1, -0.05) is 0 Å². The van der Waals surface area contributed by atoms with Crippen LogP contribution in [-0.4, -0.2) is 70.4 Å². The molecule has 4 atom stereocenters. The molecule has 8 nitrogen and oxygen atoms in total. The highest BCUT2D eigenvalue weighted by Gasteiger charge is 2.51. The summed E-state index contributed by atoms with van der Waals surface area (Å²) < 4.78 is 0. The van der Waals surface area contributed by atoms with Gasteiger partial charge in [0.2, 0.25) is 5.91 Å². The molecule has 3 amide bonds. The van der Waals surface area contributed by atoms with Gasteiger partial charge in [-0.05, 0) is 20.8 Å². The topological polar surface area (TPSA) is 98.8 Å². The van der Waals surface area contributed by atoms with Gasteiger partial charge in [0.15, 0.2) is 0 Å². The number of hydrogen-bond acceptors (Lipinski definition) is 7. The minimum atomic E-state index is -0.820. The quantitative estimate of drug-likeness (QED) is 0.671. The number of Topliss-reactive ketones (excluding diaryl/α,β-unsaturated/α-hetero) is 2. The fourth-order valence-corrected chi connectivity index (χ4v) is 4.36. The zero-order valence-electron chi connectivity index (χ0n) is 13.8. The maximum absolute atomic E-state index is 12.6. The van der Waals surface area contributed by atoms with Crippen LogP contribution in [-0.2, 0) is 14.4 Å². The highest BCUT2D eigenvalue weighted by Crippen LogP contribution is 2.33. The van der Waals surface area contributed by atoms with Crippen LogP contribution < -0.4 is 10.6 Å². The molecule has 2 aliphatic rings. The first-order chi connectivity index (χ1) is 10.6. The Labute approximate surface area is 139 Å². The zero-order valence-corrected chi connectivity index (χ0v) is 14.6. The number of carbonyl (C=O) groups is 4. The second-order valence-electron chi connectivity index (χ2n) is 5.97. The molecule has 128 valence electrons. The number of rotatable bonds is 4. The molecule has 0 spiro atoms. The van der Waals surface area contributed by atoms with E-state index < -0.39 is 22.7 Å². The maximum Gasteiger partial charge on any atom is 0.327 e. The number of amides is 3. The Balaban J connectivity index is 2.31. The molecule has 0 aromatic carbocycles. The summed E-state index contributed by atoms with van der Waals surface area (Å²) in [6, 6.07) is -0.378. The molecule has 0 radical (unpaired) electrons. The number of hydrogen-bond donors (Lipinski definition) is 2. The van der Waals surface area contributed by atoms with Crippen LogP contribution in [0.1, 0.15) is 20.8 Å². The molecule has 23 heavy (non-hydrogen) atoms. The summed E-state index contributed by atoms with van der Waals surface area (Å²) in [6.45, 7) is 4.60. The molecule has 0 aliphatic carbocycles. The third-order valence-corrected chi connectivity index (χ3v) is 5.80. The van der Waals surface area contributed by atoms with Gasteiger partial charge < -0.3 is 4.90 Å². The van der Waals surface area contributed by atoms with Gasteiger partial charge in [0.1, 0.15) is 16.8 Å². The molecule has 0 saturated carbocycles. The lowest BCUT2D eigenvalue weighted by Crippen LogP contribution is -2.74. The molecule has 2 rings (SSSR count). The van der Waals surface area contributed by atoms with Crippen molar-refractivity contribution in [2.75, 3.05) is 14.1 Å². The number of nitrogens with one attached hydrogen (secondary N) is 2. The van der Waals surface area contributed by atoms with E-state index in [4.69, 9.17) is 0 Å². The highest BCUT2D eigenvalue weighted by molar-refractivity contribution is 8.02. The van der Waals surface area contributed by atoms with E-state index in [9.17, 15) is 19.2 Å². The number of carbonyl (C=O) groups excluding carboxylic acids is 4. The SMILES string of the molecule is CC(=O)C(SC1NC(C)NC2C1C(=O)N(C)C(=O)N2C)C(C)=O. The van der Waals surface area contributed by atoms with E-state index in [1.807, 2.05) is 6.92 Å². The van der Waals surface area contributed by atoms with Crippen LogP contribution in [0.4, 0.5) is 4.79 Å². The van der Waals surface area contributed by atoms with Gasteiger partial charge in [-0.3, -0.25) is 29.9 Å². The van der Waals surface area contributed by atoms with Crippen LogP contribution in [0.15, 0.2) is 0 Å². The second-order valence-corrected chi connectivity index (χ2v) is 7.23. The van der Waals surface area contributed by atoms with Crippen LogP contribution in [0.25, 0.3) is 0 Å². The third kappa shape index (κ3) is 3.26. The van der Waals surface area contributed by atoms with E-state index >= 15 is 0 Å². The van der Waals surface area contributed by atoms with Crippen molar-refractivity contribution in [2.45, 2.75) is 43.7 Å². The average Bonchev–Trinajstić information content (AvgIpc) is 2.47. The van der Waals surface area contributed by atoms with Crippen molar-refractivity contribution in [3.8, 4) is 0 Å². The first-order valence-electron chi connectivity index (χ1n) is 7.38. The van der Waals surface area contributed by atoms with Crippen molar-refractivity contribution in [1.82, 2.24) is 20.4 Å². The Kier molecular flexibility index (Phi) is 5.12. The summed E-state index contributed by atoms with van der Waals surface area (Å²) in [5.74, 6) is -1.39. The molecule has 2 N–H and O–H groups in total. The van der Waals surface area contributed by atoms with Crippen molar-refractivity contribution in [1.29, 1.82) is 0 Å². The molecule has 4 unspecified atom stereocenters. The number of fused-ring (bicyclic) bond motifs is 1. The third-order valence-electron chi connectivity index (χ3n) is 4.14. The Hall–Kier alpha value is -1.45. The predicted molar refractivity (Wildman–Crippen MR) is 85.5 cm³/mol. The normalized spacial score (nSPS) is 31.4. The van der Waals surface area contributed by atoms with Gasteiger partial charge in [0.05, 0.1) is 23.6 Å². The van der Waals surface area contributed by atoms with Crippen LogP contribution in [0, 0.1) is 5.92 Å². The smallest absolute Gasteiger partial charge is 0.311 e. The standard InChI is InChI=1S/C14H22N4O4S/c1-6(19)10(7(2)20)23-12-9-11(15-8(3)16-12)17(4)14(22)18(5)13(9)21/h8-12,15-16H,1-5H3. The predicted octanol–water partition coefficient (Wildman–Crippen LogP) is -0.403. The Morgan fingerprint density at radius 3 is 2.22 bits per heavy atom. The molecular weight excluding hydrogens is 320 g/mol. The lowest BCUT2D eigenvalue weighted by atomic mass is 9.97. The lowest BCUT2D eigenvalue weighted by molar-refractivity contribution is -0.140. The number of urea groups is 1. The van der Waals surface area contributed by atoms with Crippen molar-refractivity contribution >= 4 is 35.3 Å². The number of nitrogens with zero attached hydrogens (tertiary/aromatic N) is 2. The molecule has 9 heteroatoms. The van der Waals surface area contributed by atoms with Crippen molar-refractivity contribution < 1.29 is 19.2 Å². The molecular formula is C14H22N4O4S. The molecule has 0 aromatic rings. The molecule has 2 saturated heterocycles. The van der Waals surface area contributed by atoms with Gasteiger partial charge in [-0.25, -0.2) is 4.79 Å². The van der Waals surface area contributed by atoms with Crippen molar-refractivity contribution in [2.24, 2.45) is 5.92 Å². The summed E-state index contributed by atoms with van der Waals surface area (Å²) in [6.07, 6.45) is -0.640. The fraction of sp³-hybridized carbons (Fsp3) is 0.714. The summed E-state index contributed by atoms with van der Waals surface area (Å²) in [5, 5.41) is 5.11. The fourth-order valence-electron chi connectivity index (χ4n) is 2.96. The molecule has 2 fully saturated rings. The van der Waals surface area contributed by atoms with Crippen LogP contribution in [0.3, 0.4) is 0 Å². The van der Waals surface area contributed by atoms with E-state index in [0.717, 1.165) is 16.7 Å². The first-order valence-corrected chi connectivity index (χ1v) is 8.32. The number of ketones is 2. The number of imide groups is 1. The molecule has 2 aliphatic heterocycles. The first kappa shape index (κ1) is 17.9. The number of thioether (sulfide) groups is 1. The molecule has 0 bridgehead atoms. The van der Waals surface area contributed by atoms with E-state index in [-0.39, 0.29) is 29.7 Å². The Morgan fingerprint density at radius 1 is 1.13 bits per heavy atom. The van der Waals surface area contributed by atoms with Crippen molar-refractivity contribution in [3.63, 3.8) is 0 Å². The summed E-state index contributed by atoms with van der Waals surface area (Å²) in [5.41, 5.74) is 0. The largest absolute Gasteiger partial charge is 0.327 e. The van der Waals surface area contributed by atoms with E-state index in [1.165, 1.54) is 25.8 Å². The second kappa shape index (κ2) is 6.58. The highest BCUT2D eigenvalue weighted by atomic mass is 32.2. The van der Waals surface area contributed by atoms with Gasteiger partial charge in [-0.15, -0.1) is 11.8 Å². The summed E-state index contributed by atoms with van der Waals surface area (Å²) >= 11 is 1.14. The van der Waals surface area contributed by atoms with Crippen LogP contribution >= 0.6 is 11.8 Å². The van der Waals surface area contributed by atoms with Gasteiger partial charge in [0.25, 0.3) is 0 Å². The Morgan fingerprint density at radius 2 is 1.70 bits per heavy atom. The van der Waals surface area contributed by atoms with Crippen LogP contribution in [0.5, 0.6) is 0 Å². The van der Waals surface area contributed by atoms with Gasteiger partial charge in [-0.2, -0.15) is 0 Å². The monoisotopic (exact) mass is 342 g/mol. The minimum Gasteiger partial charge on any atom is -0.311 e. The van der Waals surface area contributed by atoms with E-state index in [2.05, 4.69) is 10.6 Å². The lowest BCUT2D eigenvalue weighted by Gasteiger charge is -2.50. The average molecular weight is 342 g/mol. The minimum absolute atomic E-state index is 0.167. The van der Waals surface area contributed by atoms with E-state index in [1.54, 1.807) is 7.05 Å². The zero-order chi connectivity index (χ0) is 17.5. The van der Waals surface area contributed by atoms with Crippen LogP contribution in [0.2, 0.25) is 0 Å². The summed E-state index contributed by atoms with van der Waals surface area (Å²) in [7, 11) is 3.06. The molecule has 0 aromatic heterocycles. The van der Waals surface area contributed by atoms with Gasteiger partial charge >= 0.3 is 6.03 Å². The van der Waals surface area contributed by atoms with E-state index in [0.29, 0.717) is 0 Å². The van der Waals surface area contributed by atoms with Crippen molar-refractivity contribution in [3.05, 3.63) is 0 Å². The molecule has 2 heterocycles. The summed E-state index contributed by atoms with van der Waals surface area (Å²) in [4.78, 5) is 50.7. The van der Waals surface area contributed by atoms with Gasteiger partial charge in [0, 0.05) is 14.1 Å². The maximum atomic E-state index is 12.6. The Bertz CT molecular complexity index is 541.